The van der Waals surface area contributed by atoms with E-state index in [0.717, 1.165) is 29.9 Å². The molecule has 0 aliphatic heterocycles. The molecule has 0 saturated heterocycles. The van der Waals surface area contributed by atoms with Crippen LogP contribution in [0.25, 0.3) is 27.8 Å². The molecule has 1 nitrogen and oxygen atoms in total. The van der Waals surface area contributed by atoms with Crippen LogP contribution in [0.2, 0.25) is 0 Å². The molecule has 37 heavy (non-hydrogen) atoms. The molecule has 0 bridgehead atoms. The van der Waals surface area contributed by atoms with E-state index in [9.17, 15) is 0 Å². The summed E-state index contributed by atoms with van der Waals surface area (Å²) in [6, 6.07) is 47.7. The van der Waals surface area contributed by atoms with Crippen molar-refractivity contribution in [3.8, 4) is 22.3 Å². The Morgan fingerprint density at radius 1 is 0.405 bits per heavy atom. The number of nitrogens with zero attached hydrogens (tertiary/aromatic N) is 1. The van der Waals surface area contributed by atoms with Gasteiger partial charge in [-0.05, 0) is 82.6 Å². The van der Waals surface area contributed by atoms with Gasteiger partial charge in [-0.2, -0.15) is 0 Å². The lowest BCUT2D eigenvalue weighted by molar-refractivity contribution is 1.04. The normalized spacial score (nSPS) is 12.7. The van der Waals surface area contributed by atoms with Gasteiger partial charge in [-0.25, -0.2) is 0 Å². The third-order valence-corrected chi connectivity index (χ3v) is 6.90. The molecule has 0 fully saturated rings. The maximum absolute atomic E-state index is 2.34. The summed E-state index contributed by atoms with van der Waals surface area (Å²) in [5.41, 5.74) is 10.8. The molecule has 178 valence electrons. The molecule has 5 aromatic carbocycles. The first-order valence-corrected chi connectivity index (χ1v) is 12.9. The van der Waals surface area contributed by atoms with E-state index in [0.29, 0.717) is 0 Å². The second-order valence-corrected chi connectivity index (χ2v) is 9.35. The number of allylic oxidation sites excluding steroid dienone is 4. The highest BCUT2D eigenvalue weighted by molar-refractivity contribution is 5.82. The van der Waals surface area contributed by atoms with E-state index in [1.165, 1.54) is 33.4 Å². The molecule has 0 N–H and O–H groups in total. The summed E-state index contributed by atoms with van der Waals surface area (Å²) in [5, 5.41) is 0. The van der Waals surface area contributed by atoms with Crippen LogP contribution in [0, 0.1) is 0 Å². The summed E-state index contributed by atoms with van der Waals surface area (Å²) in [5.74, 6) is 0. The summed E-state index contributed by atoms with van der Waals surface area (Å²) in [7, 11) is 0. The third kappa shape index (κ3) is 5.03. The Morgan fingerprint density at radius 2 is 0.946 bits per heavy atom. The minimum absolute atomic E-state index is 1.11. The minimum atomic E-state index is 1.11. The molecule has 6 rings (SSSR count). The van der Waals surface area contributed by atoms with Gasteiger partial charge in [0.25, 0.3) is 0 Å². The molecule has 0 amide bonds. The van der Waals surface area contributed by atoms with Crippen molar-refractivity contribution < 1.29 is 0 Å². The minimum Gasteiger partial charge on any atom is -0.310 e. The van der Waals surface area contributed by atoms with Crippen molar-refractivity contribution in [1.82, 2.24) is 0 Å². The maximum atomic E-state index is 2.34. The Labute approximate surface area is 219 Å². The van der Waals surface area contributed by atoms with Crippen LogP contribution in [0.4, 0.5) is 17.1 Å². The maximum Gasteiger partial charge on any atom is 0.0467 e. The molecule has 1 heteroatoms. The topological polar surface area (TPSA) is 3.24 Å². The Hall–Kier alpha value is -4.62. The highest BCUT2D eigenvalue weighted by atomic mass is 15.1. The third-order valence-electron chi connectivity index (χ3n) is 6.90. The van der Waals surface area contributed by atoms with Crippen molar-refractivity contribution >= 4 is 22.6 Å². The molecule has 0 spiro atoms. The number of rotatable bonds is 6. The Kier molecular flexibility index (Phi) is 6.51. The summed E-state index contributed by atoms with van der Waals surface area (Å²) >= 11 is 0. The zero-order valence-corrected chi connectivity index (χ0v) is 20.8. The second kappa shape index (κ2) is 10.6. The van der Waals surface area contributed by atoms with Crippen molar-refractivity contribution in [3.05, 3.63) is 157 Å². The molecule has 0 aromatic heterocycles. The van der Waals surface area contributed by atoms with Gasteiger partial charge in [0.2, 0.25) is 0 Å². The van der Waals surface area contributed by atoms with Gasteiger partial charge in [-0.3, -0.25) is 0 Å². The lowest BCUT2D eigenvalue weighted by atomic mass is 9.99. The van der Waals surface area contributed by atoms with Crippen LogP contribution in [-0.2, 0) is 0 Å². The van der Waals surface area contributed by atoms with Crippen LogP contribution in [0.1, 0.15) is 18.4 Å². The summed E-state index contributed by atoms with van der Waals surface area (Å²) in [6.45, 7) is 0. The highest BCUT2D eigenvalue weighted by Crippen LogP contribution is 2.38. The standard InChI is InChI=1S/C36H29N/c1-4-11-28(12-5-1)31-19-23-34(24-20-31)37(35-25-21-32(22-26-35)29-13-6-2-7-14-29)36-18-10-17-33(27-36)30-15-8-3-9-16-30/h1,3-6,8-27H,2,7H2. The lowest BCUT2D eigenvalue weighted by Gasteiger charge is -2.26. The summed E-state index contributed by atoms with van der Waals surface area (Å²) in [6.07, 6.45) is 9.07. The van der Waals surface area contributed by atoms with Crippen molar-refractivity contribution in [1.29, 1.82) is 0 Å². The summed E-state index contributed by atoms with van der Waals surface area (Å²) < 4.78 is 0. The lowest BCUT2D eigenvalue weighted by Crippen LogP contribution is -2.10. The zero-order valence-electron chi connectivity index (χ0n) is 20.8. The van der Waals surface area contributed by atoms with Gasteiger partial charge in [-0.15, -0.1) is 0 Å². The molecule has 0 saturated carbocycles. The van der Waals surface area contributed by atoms with Gasteiger partial charge >= 0.3 is 0 Å². The fourth-order valence-electron chi connectivity index (χ4n) is 4.97. The van der Waals surface area contributed by atoms with Crippen molar-refractivity contribution in [2.24, 2.45) is 0 Å². The highest BCUT2D eigenvalue weighted by Gasteiger charge is 2.14. The van der Waals surface area contributed by atoms with Crippen LogP contribution in [0.15, 0.2) is 152 Å². The average molecular weight is 476 g/mol. The zero-order chi connectivity index (χ0) is 24.9. The van der Waals surface area contributed by atoms with Gasteiger partial charge in [0.15, 0.2) is 0 Å². The molecular formula is C36H29N. The van der Waals surface area contributed by atoms with Crippen molar-refractivity contribution in [2.75, 3.05) is 4.90 Å². The Balaban J connectivity index is 1.41. The Bertz CT molecular complexity index is 1530. The molecule has 0 atom stereocenters. The van der Waals surface area contributed by atoms with Crippen molar-refractivity contribution in [3.63, 3.8) is 0 Å². The molecule has 1 aliphatic carbocycles. The average Bonchev–Trinajstić information content (AvgIpc) is 3.00. The molecular weight excluding hydrogens is 446 g/mol. The number of hydrogen-bond acceptors (Lipinski definition) is 1. The molecule has 5 aromatic rings. The van der Waals surface area contributed by atoms with E-state index >= 15 is 0 Å². The van der Waals surface area contributed by atoms with Gasteiger partial charge in [-0.1, -0.05) is 115 Å². The van der Waals surface area contributed by atoms with Crippen LogP contribution < -0.4 is 4.90 Å². The smallest absolute Gasteiger partial charge is 0.0467 e. The summed E-state index contributed by atoms with van der Waals surface area (Å²) in [4.78, 5) is 2.34. The van der Waals surface area contributed by atoms with Gasteiger partial charge in [0.1, 0.15) is 0 Å². The van der Waals surface area contributed by atoms with E-state index in [4.69, 9.17) is 0 Å². The fourth-order valence-corrected chi connectivity index (χ4v) is 4.97. The quantitative estimate of drug-likeness (QED) is 0.236. The number of anilines is 3. The fraction of sp³-hybridized carbons (Fsp3) is 0.0556. The first-order valence-electron chi connectivity index (χ1n) is 12.9. The monoisotopic (exact) mass is 475 g/mol. The second-order valence-electron chi connectivity index (χ2n) is 9.35. The number of benzene rings is 5. The first kappa shape index (κ1) is 22.8. The van der Waals surface area contributed by atoms with E-state index < -0.39 is 0 Å². The largest absolute Gasteiger partial charge is 0.310 e. The Morgan fingerprint density at radius 3 is 1.54 bits per heavy atom. The van der Waals surface area contributed by atoms with Crippen LogP contribution >= 0.6 is 0 Å². The van der Waals surface area contributed by atoms with E-state index in [1.54, 1.807) is 0 Å². The molecule has 0 heterocycles. The number of hydrogen-bond donors (Lipinski definition) is 0. The molecule has 1 aliphatic rings. The predicted octanol–water partition coefficient (Wildman–Crippen LogP) is 10.2. The predicted molar refractivity (Wildman–Crippen MR) is 158 cm³/mol. The van der Waals surface area contributed by atoms with E-state index in [1.807, 2.05) is 0 Å². The first-order chi connectivity index (χ1) is 18.3. The van der Waals surface area contributed by atoms with Gasteiger partial charge in [0, 0.05) is 17.1 Å². The SMILES string of the molecule is C1=CC(c2ccc(N(c3ccc(-c4ccccc4)cc3)c3cccc(-c4ccccc4)c3)cc2)=CCC1. The van der Waals surface area contributed by atoms with Gasteiger partial charge in [0.05, 0.1) is 0 Å². The van der Waals surface area contributed by atoms with Crippen LogP contribution in [0.3, 0.4) is 0 Å². The van der Waals surface area contributed by atoms with Crippen LogP contribution in [0.5, 0.6) is 0 Å². The molecule has 0 radical (unpaired) electrons. The van der Waals surface area contributed by atoms with Gasteiger partial charge < -0.3 is 4.90 Å². The van der Waals surface area contributed by atoms with Crippen LogP contribution in [-0.4, -0.2) is 0 Å². The van der Waals surface area contributed by atoms with E-state index in [2.05, 4.69) is 157 Å². The van der Waals surface area contributed by atoms with Crippen molar-refractivity contribution in [2.45, 2.75) is 12.8 Å². The van der Waals surface area contributed by atoms with E-state index in [-0.39, 0.29) is 0 Å². The molecule has 0 unspecified atom stereocenters.